The molecule has 0 bridgehead atoms. The molecule has 90 valence electrons. The van der Waals surface area contributed by atoms with E-state index < -0.39 is 16.8 Å². The minimum atomic E-state index is -1.27. The van der Waals surface area contributed by atoms with Crippen LogP contribution >= 0.6 is 0 Å². The number of hydrogen-bond donors (Lipinski definition) is 1. The van der Waals surface area contributed by atoms with Crippen LogP contribution < -0.4 is 0 Å². The Kier molecular flexibility index (Phi) is 2.88. The number of aromatic nitrogens is 1. The van der Waals surface area contributed by atoms with Crippen LogP contribution in [0.5, 0.6) is 0 Å². The fraction of sp³-hybridized carbons (Fsp3) is 0.538. The maximum atomic E-state index is 12.8. The van der Waals surface area contributed by atoms with E-state index in [9.17, 15) is 14.8 Å². The molecule has 1 aliphatic rings. The molecule has 4 heteroatoms. The van der Waals surface area contributed by atoms with E-state index in [0.29, 0.717) is 25.0 Å². The molecule has 0 amide bonds. The topological polar surface area (TPSA) is 56.9 Å². The number of pyridine rings is 1. The van der Waals surface area contributed by atoms with Gasteiger partial charge in [-0.15, -0.1) is 0 Å². The summed E-state index contributed by atoms with van der Waals surface area (Å²) in [6.07, 6.45) is 3.77. The van der Waals surface area contributed by atoms with Crippen LogP contribution in [0, 0.1) is 22.6 Å². The molecule has 0 spiro atoms. The Bertz CT molecular complexity index is 447. The number of nitriles is 1. The van der Waals surface area contributed by atoms with Crippen molar-refractivity contribution in [2.24, 2.45) is 5.41 Å². The highest BCUT2D eigenvalue weighted by Crippen LogP contribution is 2.54. The van der Waals surface area contributed by atoms with Crippen molar-refractivity contribution in [2.75, 3.05) is 0 Å². The molecule has 0 saturated heterocycles. The lowest BCUT2D eigenvalue weighted by atomic mass is 9.57. The molecule has 0 radical (unpaired) electrons. The molecule has 1 fully saturated rings. The summed E-state index contributed by atoms with van der Waals surface area (Å²) in [6, 6.07) is 4.97. The molecule has 1 N–H and O–H groups in total. The molecule has 1 saturated carbocycles. The summed E-state index contributed by atoms with van der Waals surface area (Å²) < 4.78 is 12.8. The van der Waals surface area contributed by atoms with E-state index >= 15 is 0 Å². The van der Waals surface area contributed by atoms with Gasteiger partial charge in [0, 0.05) is 0 Å². The van der Waals surface area contributed by atoms with Crippen molar-refractivity contribution in [2.45, 2.75) is 38.2 Å². The maximum Gasteiger partial charge on any atom is 0.141 e. The second-order valence-corrected chi connectivity index (χ2v) is 4.62. The van der Waals surface area contributed by atoms with Gasteiger partial charge in [-0.3, -0.25) is 4.98 Å². The molecular weight excluding hydrogens is 219 g/mol. The van der Waals surface area contributed by atoms with Crippen LogP contribution in [0.4, 0.5) is 4.39 Å². The van der Waals surface area contributed by atoms with Gasteiger partial charge < -0.3 is 5.11 Å². The minimum absolute atomic E-state index is 0.391. The zero-order chi connectivity index (χ0) is 12.5. The smallest absolute Gasteiger partial charge is 0.141 e. The molecule has 1 aromatic heterocycles. The third kappa shape index (κ3) is 1.62. The molecule has 3 nitrogen and oxygen atoms in total. The lowest BCUT2D eigenvalue weighted by Crippen LogP contribution is -2.49. The van der Waals surface area contributed by atoms with Gasteiger partial charge in [0.05, 0.1) is 23.4 Å². The average Bonchev–Trinajstić information content (AvgIpc) is 2.28. The van der Waals surface area contributed by atoms with Gasteiger partial charge in [-0.2, -0.15) is 5.26 Å². The predicted molar refractivity (Wildman–Crippen MR) is 60.3 cm³/mol. The van der Waals surface area contributed by atoms with Crippen LogP contribution in [-0.4, -0.2) is 10.1 Å². The Morgan fingerprint density at radius 3 is 2.65 bits per heavy atom. The van der Waals surface area contributed by atoms with E-state index in [1.165, 1.54) is 12.1 Å². The Hall–Kier alpha value is -1.47. The lowest BCUT2D eigenvalue weighted by Gasteiger charge is -2.47. The van der Waals surface area contributed by atoms with Crippen LogP contribution in [0.2, 0.25) is 0 Å². The van der Waals surface area contributed by atoms with E-state index in [4.69, 9.17) is 0 Å². The third-order valence-electron chi connectivity index (χ3n) is 3.88. The van der Waals surface area contributed by atoms with Crippen LogP contribution in [0.15, 0.2) is 18.3 Å². The van der Waals surface area contributed by atoms with Crippen LogP contribution in [0.3, 0.4) is 0 Å². The number of halogens is 1. The molecule has 1 aliphatic carbocycles. The van der Waals surface area contributed by atoms with Crippen molar-refractivity contribution in [3.05, 3.63) is 29.8 Å². The van der Waals surface area contributed by atoms with Crippen LogP contribution in [0.25, 0.3) is 0 Å². The van der Waals surface area contributed by atoms with Gasteiger partial charge in [-0.25, -0.2) is 4.39 Å². The fourth-order valence-electron chi connectivity index (χ4n) is 2.53. The van der Waals surface area contributed by atoms with Crippen LogP contribution in [0.1, 0.15) is 38.3 Å². The summed E-state index contributed by atoms with van der Waals surface area (Å²) in [5.41, 5.74) is -1.64. The number of rotatable bonds is 3. The van der Waals surface area contributed by atoms with E-state index in [1.54, 1.807) is 0 Å². The van der Waals surface area contributed by atoms with Gasteiger partial charge in [0.15, 0.2) is 0 Å². The SMILES string of the molecule is CCC(O)(c1ccc(F)cn1)C1(C#N)CCC1. The standard InChI is InChI=1S/C13H15FN2O/c1-2-13(17,12(9-15)6-3-7-12)11-5-4-10(14)8-16-11/h4-5,8,17H,2-3,6-7H2,1H3. The molecule has 1 unspecified atom stereocenters. The first-order chi connectivity index (χ1) is 8.08. The normalized spacial score (nSPS) is 21.1. The van der Waals surface area contributed by atoms with E-state index in [0.717, 1.165) is 12.6 Å². The van der Waals surface area contributed by atoms with Crippen molar-refractivity contribution < 1.29 is 9.50 Å². The molecule has 1 heterocycles. The Balaban J connectivity index is 2.44. The zero-order valence-corrected chi connectivity index (χ0v) is 9.78. The predicted octanol–water partition coefficient (Wildman–Crippen LogP) is 2.51. The highest BCUT2D eigenvalue weighted by atomic mass is 19.1. The van der Waals surface area contributed by atoms with E-state index in [-0.39, 0.29) is 0 Å². The molecular formula is C13H15FN2O. The second-order valence-electron chi connectivity index (χ2n) is 4.62. The Labute approximate surface area is 99.9 Å². The van der Waals surface area contributed by atoms with Crippen molar-refractivity contribution in [1.82, 2.24) is 4.98 Å². The monoisotopic (exact) mass is 234 g/mol. The van der Waals surface area contributed by atoms with Gasteiger partial charge in [0.1, 0.15) is 11.4 Å². The fourth-order valence-corrected chi connectivity index (χ4v) is 2.53. The van der Waals surface area contributed by atoms with Gasteiger partial charge in [-0.05, 0) is 31.4 Å². The Morgan fingerprint density at radius 1 is 1.59 bits per heavy atom. The molecule has 0 aliphatic heterocycles. The van der Waals surface area contributed by atoms with Gasteiger partial charge in [0.2, 0.25) is 0 Å². The quantitative estimate of drug-likeness (QED) is 0.874. The minimum Gasteiger partial charge on any atom is -0.382 e. The first-order valence-electron chi connectivity index (χ1n) is 5.84. The highest BCUT2D eigenvalue weighted by Gasteiger charge is 2.55. The first kappa shape index (κ1) is 12.0. The van der Waals surface area contributed by atoms with E-state index in [2.05, 4.69) is 11.1 Å². The number of hydrogen-bond acceptors (Lipinski definition) is 3. The van der Waals surface area contributed by atoms with Gasteiger partial charge in [-0.1, -0.05) is 13.3 Å². The van der Waals surface area contributed by atoms with Gasteiger partial charge in [0.25, 0.3) is 0 Å². The third-order valence-corrected chi connectivity index (χ3v) is 3.88. The molecule has 17 heavy (non-hydrogen) atoms. The van der Waals surface area contributed by atoms with Crippen molar-refractivity contribution >= 4 is 0 Å². The number of aliphatic hydroxyl groups is 1. The zero-order valence-electron chi connectivity index (χ0n) is 9.78. The summed E-state index contributed by atoms with van der Waals surface area (Å²) in [6.45, 7) is 1.82. The lowest BCUT2D eigenvalue weighted by molar-refractivity contribution is -0.106. The first-order valence-corrected chi connectivity index (χ1v) is 5.84. The van der Waals surface area contributed by atoms with Crippen molar-refractivity contribution in [3.63, 3.8) is 0 Å². The average molecular weight is 234 g/mol. The maximum absolute atomic E-state index is 12.8. The number of nitrogens with zero attached hydrogens (tertiary/aromatic N) is 2. The van der Waals surface area contributed by atoms with Crippen molar-refractivity contribution in [3.8, 4) is 6.07 Å². The summed E-state index contributed by atoms with van der Waals surface area (Å²) in [4.78, 5) is 3.94. The second kappa shape index (κ2) is 4.08. The molecule has 2 rings (SSSR count). The molecule has 1 atom stereocenters. The summed E-state index contributed by atoms with van der Waals surface area (Å²) in [7, 11) is 0. The highest BCUT2D eigenvalue weighted by molar-refractivity contribution is 5.25. The summed E-state index contributed by atoms with van der Waals surface area (Å²) in [5.74, 6) is -0.438. The summed E-state index contributed by atoms with van der Waals surface area (Å²) in [5, 5.41) is 20.1. The molecule has 1 aromatic rings. The van der Waals surface area contributed by atoms with E-state index in [1.807, 2.05) is 6.92 Å². The van der Waals surface area contributed by atoms with Crippen molar-refractivity contribution in [1.29, 1.82) is 5.26 Å². The molecule has 0 aromatic carbocycles. The van der Waals surface area contributed by atoms with Crippen LogP contribution in [-0.2, 0) is 5.60 Å². The van der Waals surface area contributed by atoms with Gasteiger partial charge >= 0.3 is 0 Å². The Morgan fingerprint density at radius 2 is 2.29 bits per heavy atom. The summed E-state index contributed by atoms with van der Waals surface area (Å²) >= 11 is 0. The largest absolute Gasteiger partial charge is 0.382 e.